The van der Waals surface area contributed by atoms with E-state index in [9.17, 15) is 0 Å². The van der Waals surface area contributed by atoms with E-state index in [2.05, 4.69) is 30.7 Å². The van der Waals surface area contributed by atoms with Crippen molar-refractivity contribution in [3.8, 4) is 0 Å². The van der Waals surface area contributed by atoms with E-state index >= 15 is 0 Å². The summed E-state index contributed by atoms with van der Waals surface area (Å²) >= 11 is 6.14. The number of morpholine rings is 1. The number of halogens is 1. The quantitative estimate of drug-likeness (QED) is 0.734. The summed E-state index contributed by atoms with van der Waals surface area (Å²) in [4.78, 5) is 4.95. The highest BCUT2D eigenvalue weighted by atomic mass is 35.5. The van der Waals surface area contributed by atoms with E-state index in [1.807, 2.05) is 0 Å². The second kappa shape index (κ2) is 6.08. The van der Waals surface area contributed by atoms with Gasteiger partial charge in [0.05, 0.1) is 12.2 Å². The smallest absolute Gasteiger partial charge is 0.0818 e. The van der Waals surface area contributed by atoms with Gasteiger partial charge in [-0.1, -0.05) is 0 Å². The van der Waals surface area contributed by atoms with Crippen LogP contribution in [-0.2, 0) is 4.74 Å². The topological polar surface area (TPSA) is 15.7 Å². The van der Waals surface area contributed by atoms with E-state index in [0.29, 0.717) is 11.4 Å². The Bertz CT molecular complexity index is 269. The first-order chi connectivity index (χ1) is 8.51. The molecular formula is C14H27ClN2O. The molecule has 18 heavy (non-hydrogen) atoms. The summed E-state index contributed by atoms with van der Waals surface area (Å²) in [7, 11) is 2.20. The molecule has 2 heterocycles. The standard InChI is InChI=1S/C14H27ClN2O/c1-12-14(2,18-11-10-16(12)3)6-9-17-7-4-13(15)5-8-17/h12-13H,4-11H2,1-3H3. The minimum absolute atomic E-state index is 0.00478. The number of likely N-dealkylation sites (tertiary alicyclic amines) is 1. The molecule has 2 saturated heterocycles. The highest BCUT2D eigenvalue weighted by molar-refractivity contribution is 6.20. The number of alkyl halides is 1. The van der Waals surface area contributed by atoms with E-state index in [1.54, 1.807) is 0 Å². The normalized spacial score (nSPS) is 37.0. The molecule has 2 atom stereocenters. The molecule has 2 unspecified atom stereocenters. The molecule has 3 nitrogen and oxygen atoms in total. The fourth-order valence-electron chi connectivity index (χ4n) is 2.99. The summed E-state index contributed by atoms with van der Waals surface area (Å²) in [6, 6.07) is 0.497. The largest absolute Gasteiger partial charge is 0.372 e. The molecule has 0 N–H and O–H groups in total. The lowest BCUT2D eigenvalue weighted by molar-refractivity contribution is -0.132. The molecule has 0 aromatic carbocycles. The van der Waals surface area contributed by atoms with Gasteiger partial charge in [0.2, 0.25) is 0 Å². The number of rotatable bonds is 3. The molecule has 0 amide bonds. The molecule has 0 spiro atoms. The molecule has 0 aromatic rings. The fourth-order valence-corrected chi connectivity index (χ4v) is 3.18. The molecule has 4 heteroatoms. The van der Waals surface area contributed by atoms with Crippen molar-refractivity contribution in [2.75, 3.05) is 39.8 Å². The minimum atomic E-state index is 0.00478. The molecular weight excluding hydrogens is 248 g/mol. The fraction of sp³-hybridized carbons (Fsp3) is 1.00. The van der Waals surface area contributed by atoms with Crippen LogP contribution in [0.15, 0.2) is 0 Å². The Morgan fingerprint density at radius 1 is 1.28 bits per heavy atom. The van der Waals surface area contributed by atoms with Crippen LogP contribution >= 0.6 is 11.6 Å². The second-order valence-electron chi connectivity index (χ2n) is 6.08. The van der Waals surface area contributed by atoms with Gasteiger partial charge in [-0.15, -0.1) is 11.6 Å². The summed E-state index contributed by atoms with van der Waals surface area (Å²) in [5, 5.41) is 0.396. The Balaban J connectivity index is 1.81. The monoisotopic (exact) mass is 274 g/mol. The highest BCUT2D eigenvalue weighted by Crippen LogP contribution is 2.28. The van der Waals surface area contributed by atoms with E-state index in [1.165, 1.54) is 0 Å². The Morgan fingerprint density at radius 2 is 1.94 bits per heavy atom. The van der Waals surface area contributed by atoms with Crippen LogP contribution in [0, 0.1) is 0 Å². The van der Waals surface area contributed by atoms with Crippen molar-refractivity contribution in [2.45, 2.75) is 50.1 Å². The summed E-state index contributed by atoms with van der Waals surface area (Å²) in [6.07, 6.45) is 3.38. The number of ether oxygens (including phenoxy) is 1. The van der Waals surface area contributed by atoms with E-state index in [-0.39, 0.29) is 5.60 Å². The van der Waals surface area contributed by atoms with Gasteiger partial charge >= 0.3 is 0 Å². The molecule has 2 aliphatic heterocycles. The van der Waals surface area contributed by atoms with Gasteiger partial charge in [-0.3, -0.25) is 4.90 Å². The second-order valence-corrected chi connectivity index (χ2v) is 6.70. The van der Waals surface area contributed by atoms with Crippen LogP contribution in [-0.4, -0.2) is 66.7 Å². The Hall–Kier alpha value is 0.170. The highest BCUT2D eigenvalue weighted by Gasteiger charge is 2.38. The third-order valence-corrected chi connectivity index (χ3v) is 5.30. The van der Waals surface area contributed by atoms with Crippen LogP contribution in [0.4, 0.5) is 0 Å². The number of hydrogen-bond acceptors (Lipinski definition) is 3. The third-order valence-electron chi connectivity index (χ3n) is 4.86. The third kappa shape index (κ3) is 3.38. The number of hydrogen-bond donors (Lipinski definition) is 0. The maximum atomic E-state index is 6.14. The number of likely N-dealkylation sites (N-methyl/N-ethyl adjacent to an activating group) is 1. The molecule has 0 aromatic heterocycles. The van der Waals surface area contributed by atoms with Gasteiger partial charge in [-0.25, -0.2) is 0 Å². The van der Waals surface area contributed by atoms with Gasteiger partial charge in [0, 0.05) is 24.5 Å². The molecule has 2 aliphatic rings. The first-order valence-electron chi connectivity index (χ1n) is 7.22. The number of nitrogens with zero attached hydrogens (tertiary/aromatic N) is 2. The van der Waals surface area contributed by atoms with Crippen molar-refractivity contribution in [3.05, 3.63) is 0 Å². The van der Waals surface area contributed by atoms with Crippen molar-refractivity contribution >= 4 is 11.6 Å². The van der Waals surface area contributed by atoms with Crippen LogP contribution < -0.4 is 0 Å². The van der Waals surface area contributed by atoms with E-state index in [4.69, 9.17) is 16.3 Å². The first-order valence-corrected chi connectivity index (χ1v) is 7.65. The summed E-state index contributed by atoms with van der Waals surface area (Å²) in [5.74, 6) is 0. The molecule has 2 fully saturated rings. The zero-order valence-corrected chi connectivity index (χ0v) is 12.7. The average Bonchev–Trinajstić information content (AvgIpc) is 2.36. The number of piperidine rings is 1. The van der Waals surface area contributed by atoms with Gasteiger partial charge < -0.3 is 9.64 Å². The van der Waals surface area contributed by atoms with Gasteiger partial charge in [0.1, 0.15) is 0 Å². The summed E-state index contributed by atoms with van der Waals surface area (Å²) < 4.78 is 6.07. The van der Waals surface area contributed by atoms with Crippen LogP contribution in [0.2, 0.25) is 0 Å². The van der Waals surface area contributed by atoms with Gasteiger partial charge in [0.15, 0.2) is 0 Å². The molecule has 0 radical (unpaired) electrons. The molecule has 0 bridgehead atoms. The minimum Gasteiger partial charge on any atom is -0.372 e. The molecule has 106 valence electrons. The van der Waals surface area contributed by atoms with Crippen molar-refractivity contribution in [1.29, 1.82) is 0 Å². The zero-order valence-electron chi connectivity index (χ0n) is 12.0. The Morgan fingerprint density at radius 3 is 2.61 bits per heavy atom. The van der Waals surface area contributed by atoms with Crippen molar-refractivity contribution in [2.24, 2.45) is 0 Å². The summed E-state index contributed by atoms with van der Waals surface area (Å²) in [5.41, 5.74) is 0.00478. The van der Waals surface area contributed by atoms with Crippen molar-refractivity contribution in [1.82, 2.24) is 9.80 Å². The van der Waals surface area contributed by atoms with Gasteiger partial charge in [0.25, 0.3) is 0 Å². The van der Waals surface area contributed by atoms with Crippen molar-refractivity contribution < 1.29 is 4.74 Å². The van der Waals surface area contributed by atoms with Crippen LogP contribution in [0.3, 0.4) is 0 Å². The lowest BCUT2D eigenvalue weighted by atomic mass is 9.90. The predicted molar refractivity (Wildman–Crippen MR) is 76.4 cm³/mol. The van der Waals surface area contributed by atoms with Gasteiger partial charge in [-0.05, 0) is 53.2 Å². The Kier molecular flexibility index (Phi) is 4.92. The van der Waals surface area contributed by atoms with Crippen LogP contribution in [0.5, 0.6) is 0 Å². The SMILES string of the molecule is CC1N(C)CCOC1(C)CCN1CCC(Cl)CC1. The predicted octanol–water partition coefficient (Wildman–Crippen LogP) is 2.19. The summed E-state index contributed by atoms with van der Waals surface area (Å²) in [6.45, 7) is 9.89. The Labute approximate surface area is 116 Å². The maximum Gasteiger partial charge on any atom is 0.0818 e. The molecule has 2 rings (SSSR count). The molecule has 0 aliphatic carbocycles. The average molecular weight is 275 g/mol. The van der Waals surface area contributed by atoms with Gasteiger partial charge in [-0.2, -0.15) is 0 Å². The van der Waals surface area contributed by atoms with E-state index in [0.717, 1.165) is 52.0 Å². The van der Waals surface area contributed by atoms with E-state index < -0.39 is 0 Å². The zero-order chi connectivity index (χ0) is 13.2. The van der Waals surface area contributed by atoms with Crippen LogP contribution in [0.25, 0.3) is 0 Å². The first kappa shape index (κ1) is 14.6. The molecule has 0 saturated carbocycles. The maximum absolute atomic E-state index is 6.14. The van der Waals surface area contributed by atoms with Crippen molar-refractivity contribution in [3.63, 3.8) is 0 Å². The van der Waals surface area contributed by atoms with Crippen LogP contribution in [0.1, 0.15) is 33.1 Å². The lowest BCUT2D eigenvalue weighted by Gasteiger charge is -2.46. The lowest BCUT2D eigenvalue weighted by Crippen LogP contribution is -2.56.